The Hall–Kier alpha value is -2.59. The molecule has 6 rings (SSSR count). The van der Waals surface area contributed by atoms with E-state index in [-0.39, 0.29) is 18.0 Å². The van der Waals surface area contributed by atoms with Crippen LogP contribution in [0, 0.1) is 5.92 Å². The summed E-state index contributed by atoms with van der Waals surface area (Å²) >= 11 is 7.54. The van der Waals surface area contributed by atoms with Gasteiger partial charge in [0.05, 0.1) is 29.0 Å². The lowest BCUT2D eigenvalue weighted by Gasteiger charge is -2.29. The van der Waals surface area contributed by atoms with Crippen molar-refractivity contribution in [3.05, 3.63) is 61.9 Å². The number of halogens is 2. The van der Waals surface area contributed by atoms with Crippen molar-refractivity contribution in [3.8, 4) is 11.5 Å². The molecule has 0 aliphatic carbocycles. The molecule has 0 radical (unpaired) electrons. The molecule has 0 amide bonds. The van der Waals surface area contributed by atoms with Crippen molar-refractivity contribution in [1.29, 1.82) is 0 Å². The van der Waals surface area contributed by atoms with Crippen molar-refractivity contribution in [2.24, 2.45) is 5.92 Å². The van der Waals surface area contributed by atoms with E-state index in [4.69, 9.17) is 21.1 Å². The fourth-order valence-corrected chi connectivity index (χ4v) is 6.78. The number of hydrogen-bond acceptors (Lipinski definition) is 7. The number of fused-ring (bicyclic) bond motifs is 6. The number of nitrogens with zero attached hydrogens (tertiary/aromatic N) is 3. The summed E-state index contributed by atoms with van der Waals surface area (Å²) in [5.41, 5.74) is 1.53. The summed E-state index contributed by atoms with van der Waals surface area (Å²) in [6, 6.07) is 7.67. The Morgan fingerprint density at radius 2 is 2.03 bits per heavy atom. The van der Waals surface area contributed by atoms with Crippen molar-refractivity contribution in [3.63, 3.8) is 0 Å². The maximum absolute atomic E-state index is 13.1. The Balaban J connectivity index is 0.00000267. The highest BCUT2D eigenvalue weighted by Crippen LogP contribution is 2.46. The van der Waals surface area contributed by atoms with Crippen LogP contribution in [0.15, 0.2) is 40.1 Å². The summed E-state index contributed by atoms with van der Waals surface area (Å²) in [5, 5.41) is 0.528. The molecule has 8 nitrogen and oxygen atoms in total. The molecule has 5 heterocycles. The first kappa shape index (κ1) is 25.1. The van der Waals surface area contributed by atoms with E-state index in [2.05, 4.69) is 14.9 Å². The molecule has 1 aromatic carbocycles. The molecular weight excluding hydrogens is 523 g/mol. The highest BCUT2D eigenvalue weighted by Gasteiger charge is 2.40. The summed E-state index contributed by atoms with van der Waals surface area (Å²) in [5.74, 6) is 2.67. The van der Waals surface area contributed by atoms with Gasteiger partial charge in [-0.05, 0) is 37.6 Å². The SMILES string of the molecule is COc1cccc2c1[C@@H]1CN(CCCCn3c(=O)[nH]c4c(sc5c(Cl)ccnc54)c3=O)C[C@@H]1CO2.Cl. The van der Waals surface area contributed by atoms with Crippen LogP contribution in [0.1, 0.15) is 24.3 Å². The first-order valence-electron chi connectivity index (χ1n) is 11.8. The first-order chi connectivity index (χ1) is 17.0. The Bertz CT molecular complexity index is 1530. The number of hydrogen-bond donors (Lipinski definition) is 1. The van der Waals surface area contributed by atoms with Crippen LogP contribution in [-0.4, -0.2) is 52.8 Å². The number of H-pyrrole nitrogens is 1. The zero-order chi connectivity index (χ0) is 24.1. The van der Waals surface area contributed by atoms with Gasteiger partial charge in [-0.2, -0.15) is 0 Å². The largest absolute Gasteiger partial charge is 0.496 e. The third kappa shape index (κ3) is 4.18. The zero-order valence-electron chi connectivity index (χ0n) is 19.7. The summed E-state index contributed by atoms with van der Waals surface area (Å²) in [4.78, 5) is 35.4. The predicted octanol–water partition coefficient (Wildman–Crippen LogP) is 4.27. The number of aromatic amines is 1. The Morgan fingerprint density at radius 1 is 1.19 bits per heavy atom. The fraction of sp³-hybridized carbons (Fsp3) is 0.400. The van der Waals surface area contributed by atoms with Crippen molar-refractivity contribution in [1.82, 2.24) is 19.4 Å². The minimum atomic E-state index is -0.406. The number of nitrogens with one attached hydrogen (secondary N) is 1. The number of unbranched alkanes of at least 4 members (excludes halogenated alkanes) is 1. The third-order valence-electron chi connectivity index (χ3n) is 7.13. The van der Waals surface area contributed by atoms with Crippen molar-refractivity contribution in [2.45, 2.75) is 25.3 Å². The average molecular weight is 549 g/mol. The number of rotatable bonds is 6. The molecular formula is C25H26Cl2N4O4S. The molecule has 190 valence electrons. The summed E-state index contributed by atoms with van der Waals surface area (Å²) in [6.45, 7) is 3.95. The molecule has 1 fully saturated rings. The molecule has 36 heavy (non-hydrogen) atoms. The highest BCUT2D eigenvalue weighted by atomic mass is 35.5. The van der Waals surface area contributed by atoms with E-state index in [1.54, 1.807) is 19.4 Å². The van der Waals surface area contributed by atoms with Crippen molar-refractivity contribution >= 4 is 55.8 Å². The lowest BCUT2D eigenvalue weighted by Crippen LogP contribution is -2.34. The summed E-state index contributed by atoms with van der Waals surface area (Å²) in [6.07, 6.45) is 3.21. The van der Waals surface area contributed by atoms with Gasteiger partial charge in [-0.25, -0.2) is 4.79 Å². The predicted molar refractivity (Wildman–Crippen MR) is 145 cm³/mol. The Kier molecular flexibility index (Phi) is 7.00. The zero-order valence-corrected chi connectivity index (χ0v) is 22.0. The van der Waals surface area contributed by atoms with Crippen LogP contribution in [0.3, 0.4) is 0 Å². The normalized spacial score (nSPS) is 19.1. The van der Waals surface area contributed by atoms with E-state index in [0.29, 0.717) is 43.8 Å². The monoisotopic (exact) mass is 548 g/mol. The van der Waals surface area contributed by atoms with E-state index >= 15 is 0 Å². The molecule has 1 saturated heterocycles. The van der Waals surface area contributed by atoms with Crippen LogP contribution in [-0.2, 0) is 6.54 Å². The first-order valence-corrected chi connectivity index (χ1v) is 13.0. The minimum absolute atomic E-state index is 0. The number of pyridine rings is 1. The molecule has 11 heteroatoms. The quantitative estimate of drug-likeness (QED) is 0.362. The summed E-state index contributed by atoms with van der Waals surface area (Å²) in [7, 11) is 1.71. The van der Waals surface area contributed by atoms with Gasteiger partial charge in [0.2, 0.25) is 0 Å². The molecule has 0 unspecified atom stereocenters. The lowest BCUT2D eigenvalue weighted by atomic mass is 9.86. The van der Waals surface area contributed by atoms with E-state index in [9.17, 15) is 9.59 Å². The average Bonchev–Trinajstić information content (AvgIpc) is 3.45. The number of likely N-dealkylation sites (tertiary alicyclic amines) is 1. The standard InChI is InChI=1S/C25H25ClN4O4S.ClH/c1-33-17-5-4-6-18-19(17)15-12-29(11-14(15)13-34-18)9-2-3-10-30-24(31)23-21(28-25(30)32)20-22(35-23)16(26)7-8-27-20;/h4-8,14-15H,2-3,9-13H2,1H3,(H,28,32);1H/t14-,15-;/m1./s1. The van der Waals surface area contributed by atoms with Crippen LogP contribution in [0.4, 0.5) is 0 Å². The fourth-order valence-electron chi connectivity index (χ4n) is 5.45. The van der Waals surface area contributed by atoms with Crippen molar-refractivity contribution < 1.29 is 9.47 Å². The minimum Gasteiger partial charge on any atom is -0.496 e. The topological polar surface area (TPSA) is 89.5 Å². The van der Waals surface area contributed by atoms with E-state index in [1.807, 2.05) is 18.2 Å². The number of aromatic nitrogens is 3. The molecule has 2 aliphatic heterocycles. The van der Waals surface area contributed by atoms with Crippen molar-refractivity contribution in [2.75, 3.05) is 33.4 Å². The second-order valence-electron chi connectivity index (χ2n) is 9.18. The smallest absolute Gasteiger partial charge is 0.328 e. The van der Waals surface area contributed by atoms with E-state index in [1.165, 1.54) is 21.5 Å². The molecule has 1 N–H and O–H groups in total. The molecule has 0 spiro atoms. The Morgan fingerprint density at radius 3 is 2.86 bits per heavy atom. The maximum atomic E-state index is 13.1. The highest BCUT2D eigenvalue weighted by molar-refractivity contribution is 7.26. The molecule has 2 aliphatic rings. The van der Waals surface area contributed by atoms with Gasteiger partial charge in [0.1, 0.15) is 21.7 Å². The second-order valence-corrected chi connectivity index (χ2v) is 10.6. The number of benzene rings is 1. The maximum Gasteiger partial charge on any atom is 0.328 e. The van der Waals surface area contributed by atoms with Gasteiger partial charge >= 0.3 is 5.69 Å². The van der Waals surface area contributed by atoms with E-state index < -0.39 is 5.69 Å². The van der Waals surface area contributed by atoms with Crippen LogP contribution in [0.5, 0.6) is 11.5 Å². The van der Waals surface area contributed by atoms with Gasteiger partial charge in [0, 0.05) is 43.2 Å². The lowest BCUT2D eigenvalue weighted by molar-refractivity contribution is 0.209. The van der Waals surface area contributed by atoms with Gasteiger partial charge in [0.25, 0.3) is 5.56 Å². The summed E-state index contributed by atoms with van der Waals surface area (Å²) < 4.78 is 14.1. The van der Waals surface area contributed by atoms with Crippen LogP contribution in [0.2, 0.25) is 5.02 Å². The van der Waals surface area contributed by atoms with Crippen LogP contribution >= 0.6 is 35.3 Å². The number of thiophene rings is 1. The van der Waals surface area contributed by atoms with Gasteiger partial charge in [-0.1, -0.05) is 17.7 Å². The van der Waals surface area contributed by atoms with Crippen LogP contribution < -0.4 is 20.7 Å². The molecule has 4 aromatic rings. The van der Waals surface area contributed by atoms with Crippen LogP contribution in [0.25, 0.3) is 20.4 Å². The molecule has 0 bridgehead atoms. The molecule has 0 saturated carbocycles. The van der Waals surface area contributed by atoms with E-state index in [0.717, 1.165) is 50.6 Å². The van der Waals surface area contributed by atoms with Gasteiger partial charge in [-0.15, -0.1) is 23.7 Å². The number of ether oxygens (including phenoxy) is 2. The third-order valence-corrected chi connectivity index (χ3v) is 8.76. The Labute approximate surface area is 222 Å². The molecule has 3 aromatic heterocycles. The van der Waals surface area contributed by atoms with Gasteiger partial charge in [0.15, 0.2) is 0 Å². The second kappa shape index (κ2) is 10.0. The van der Waals surface area contributed by atoms with Gasteiger partial charge < -0.3 is 19.4 Å². The number of methoxy groups -OCH3 is 1. The van der Waals surface area contributed by atoms with Gasteiger partial charge in [-0.3, -0.25) is 14.3 Å². The molecule has 2 atom stereocenters.